The Morgan fingerprint density at radius 2 is 2.05 bits per heavy atom. The van der Waals surface area contributed by atoms with Crippen LogP contribution in [-0.2, 0) is 19.6 Å². The zero-order chi connectivity index (χ0) is 13.7. The number of hydrogen-bond acceptors (Lipinski definition) is 3. The van der Waals surface area contributed by atoms with E-state index in [0.29, 0.717) is 26.2 Å². The SMILES string of the molecule is CCn1ccn(CCOc2cccc(CN)c2)c1=O. The van der Waals surface area contributed by atoms with Crippen molar-refractivity contribution in [1.82, 2.24) is 9.13 Å². The summed E-state index contributed by atoms with van der Waals surface area (Å²) in [6.07, 6.45) is 3.57. The van der Waals surface area contributed by atoms with Gasteiger partial charge in [-0.25, -0.2) is 4.79 Å². The zero-order valence-electron chi connectivity index (χ0n) is 11.1. The Hall–Kier alpha value is -2.01. The fourth-order valence-corrected chi connectivity index (χ4v) is 1.89. The number of ether oxygens (including phenoxy) is 1. The van der Waals surface area contributed by atoms with E-state index in [1.807, 2.05) is 31.2 Å². The maximum atomic E-state index is 11.8. The first-order valence-corrected chi connectivity index (χ1v) is 6.42. The minimum atomic E-state index is 0.00167. The molecule has 102 valence electrons. The molecule has 0 fully saturated rings. The predicted octanol–water partition coefficient (Wildman–Crippen LogP) is 1.21. The number of hydrogen-bond donors (Lipinski definition) is 1. The Morgan fingerprint density at radius 1 is 1.26 bits per heavy atom. The molecular formula is C14H19N3O2. The highest BCUT2D eigenvalue weighted by Gasteiger charge is 2.01. The second-order valence-electron chi connectivity index (χ2n) is 4.26. The molecule has 0 amide bonds. The molecule has 0 atom stereocenters. The topological polar surface area (TPSA) is 62.2 Å². The van der Waals surface area contributed by atoms with E-state index >= 15 is 0 Å². The molecule has 0 aliphatic carbocycles. The molecule has 0 unspecified atom stereocenters. The van der Waals surface area contributed by atoms with Crippen molar-refractivity contribution in [1.29, 1.82) is 0 Å². The Kier molecular flexibility index (Phi) is 4.41. The third-order valence-electron chi connectivity index (χ3n) is 2.99. The molecule has 2 rings (SSSR count). The number of benzene rings is 1. The highest BCUT2D eigenvalue weighted by molar-refractivity contribution is 5.28. The lowest BCUT2D eigenvalue weighted by atomic mass is 10.2. The summed E-state index contributed by atoms with van der Waals surface area (Å²) < 4.78 is 8.94. The number of aromatic nitrogens is 2. The van der Waals surface area contributed by atoms with Crippen molar-refractivity contribution in [3.63, 3.8) is 0 Å². The van der Waals surface area contributed by atoms with E-state index in [9.17, 15) is 4.79 Å². The molecule has 1 heterocycles. The van der Waals surface area contributed by atoms with Crippen LogP contribution in [0.4, 0.5) is 0 Å². The van der Waals surface area contributed by atoms with Crippen LogP contribution in [0.3, 0.4) is 0 Å². The van der Waals surface area contributed by atoms with Gasteiger partial charge in [-0.3, -0.25) is 9.13 Å². The van der Waals surface area contributed by atoms with E-state index in [-0.39, 0.29) is 5.69 Å². The smallest absolute Gasteiger partial charge is 0.328 e. The third-order valence-corrected chi connectivity index (χ3v) is 2.99. The molecule has 2 aromatic rings. The quantitative estimate of drug-likeness (QED) is 0.850. The lowest BCUT2D eigenvalue weighted by Crippen LogP contribution is -2.25. The standard InChI is InChI=1S/C14H19N3O2/c1-2-16-6-7-17(14(16)18)8-9-19-13-5-3-4-12(10-13)11-15/h3-7,10H,2,8-9,11,15H2,1H3. The summed E-state index contributed by atoms with van der Waals surface area (Å²) in [5, 5.41) is 0. The molecular weight excluding hydrogens is 242 g/mol. The molecule has 0 spiro atoms. The van der Waals surface area contributed by atoms with Crippen molar-refractivity contribution in [2.75, 3.05) is 6.61 Å². The minimum Gasteiger partial charge on any atom is -0.492 e. The first kappa shape index (κ1) is 13.4. The highest BCUT2D eigenvalue weighted by Crippen LogP contribution is 2.12. The van der Waals surface area contributed by atoms with Crippen LogP contribution >= 0.6 is 0 Å². The van der Waals surface area contributed by atoms with Gasteiger partial charge in [-0.1, -0.05) is 12.1 Å². The highest BCUT2D eigenvalue weighted by atomic mass is 16.5. The van der Waals surface area contributed by atoms with Gasteiger partial charge in [-0.05, 0) is 24.6 Å². The summed E-state index contributed by atoms with van der Waals surface area (Å²) in [7, 11) is 0. The van der Waals surface area contributed by atoms with Gasteiger partial charge in [0.2, 0.25) is 0 Å². The molecule has 0 aliphatic rings. The average molecular weight is 261 g/mol. The second kappa shape index (κ2) is 6.24. The lowest BCUT2D eigenvalue weighted by molar-refractivity contribution is 0.295. The molecule has 0 aliphatic heterocycles. The fraction of sp³-hybridized carbons (Fsp3) is 0.357. The molecule has 0 saturated carbocycles. The van der Waals surface area contributed by atoms with Crippen LogP contribution in [0.1, 0.15) is 12.5 Å². The monoisotopic (exact) mass is 261 g/mol. The van der Waals surface area contributed by atoms with Crippen LogP contribution < -0.4 is 16.2 Å². The van der Waals surface area contributed by atoms with E-state index in [0.717, 1.165) is 11.3 Å². The summed E-state index contributed by atoms with van der Waals surface area (Å²) in [4.78, 5) is 11.8. The van der Waals surface area contributed by atoms with Crippen LogP contribution in [0, 0.1) is 0 Å². The van der Waals surface area contributed by atoms with E-state index in [1.54, 1.807) is 21.5 Å². The molecule has 1 aromatic heterocycles. The molecule has 1 aromatic carbocycles. The number of rotatable bonds is 6. The van der Waals surface area contributed by atoms with Gasteiger partial charge in [0.05, 0.1) is 6.54 Å². The van der Waals surface area contributed by atoms with E-state index in [4.69, 9.17) is 10.5 Å². The minimum absolute atomic E-state index is 0.00167. The summed E-state index contributed by atoms with van der Waals surface area (Å²) in [5.74, 6) is 0.783. The average Bonchev–Trinajstić information content (AvgIpc) is 2.80. The maximum absolute atomic E-state index is 11.8. The maximum Gasteiger partial charge on any atom is 0.328 e. The molecule has 19 heavy (non-hydrogen) atoms. The predicted molar refractivity (Wildman–Crippen MR) is 74.2 cm³/mol. The summed E-state index contributed by atoms with van der Waals surface area (Å²) >= 11 is 0. The number of nitrogens with zero attached hydrogens (tertiary/aromatic N) is 2. The van der Waals surface area contributed by atoms with Gasteiger partial charge >= 0.3 is 5.69 Å². The molecule has 5 heteroatoms. The fourth-order valence-electron chi connectivity index (χ4n) is 1.89. The van der Waals surface area contributed by atoms with Gasteiger partial charge in [-0.2, -0.15) is 0 Å². The zero-order valence-corrected chi connectivity index (χ0v) is 11.1. The third kappa shape index (κ3) is 3.26. The molecule has 0 bridgehead atoms. The van der Waals surface area contributed by atoms with Crippen molar-refractivity contribution in [2.24, 2.45) is 5.73 Å². The summed E-state index contributed by atoms with van der Waals surface area (Å²) in [5.41, 5.74) is 6.61. The first-order valence-electron chi connectivity index (χ1n) is 6.42. The molecule has 2 N–H and O–H groups in total. The van der Waals surface area contributed by atoms with Crippen LogP contribution in [0.25, 0.3) is 0 Å². The molecule has 5 nitrogen and oxygen atoms in total. The van der Waals surface area contributed by atoms with Crippen LogP contribution in [0.2, 0.25) is 0 Å². The number of aryl methyl sites for hydroxylation is 1. The van der Waals surface area contributed by atoms with Gasteiger partial charge in [0.15, 0.2) is 0 Å². The largest absolute Gasteiger partial charge is 0.492 e. The van der Waals surface area contributed by atoms with Crippen molar-refractivity contribution in [2.45, 2.75) is 26.6 Å². The Morgan fingerprint density at radius 3 is 2.74 bits per heavy atom. The lowest BCUT2D eigenvalue weighted by Gasteiger charge is -2.07. The van der Waals surface area contributed by atoms with Gasteiger partial charge in [0.1, 0.15) is 12.4 Å². The van der Waals surface area contributed by atoms with E-state index in [2.05, 4.69) is 0 Å². The van der Waals surface area contributed by atoms with Crippen molar-refractivity contribution < 1.29 is 4.74 Å². The van der Waals surface area contributed by atoms with Crippen LogP contribution in [-0.4, -0.2) is 15.7 Å². The number of nitrogens with two attached hydrogens (primary N) is 1. The Balaban J connectivity index is 1.92. The van der Waals surface area contributed by atoms with Gasteiger partial charge < -0.3 is 10.5 Å². The summed E-state index contributed by atoms with van der Waals surface area (Å²) in [6, 6.07) is 7.68. The summed E-state index contributed by atoms with van der Waals surface area (Å²) in [6.45, 7) is 4.13. The van der Waals surface area contributed by atoms with Gasteiger partial charge in [0.25, 0.3) is 0 Å². The van der Waals surface area contributed by atoms with E-state index < -0.39 is 0 Å². The Bertz CT molecular complexity index is 586. The first-order chi connectivity index (χ1) is 9.24. The van der Waals surface area contributed by atoms with Crippen molar-refractivity contribution >= 4 is 0 Å². The van der Waals surface area contributed by atoms with Crippen molar-refractivity contribution in [3.05, 3.63) is 52.7 Å². The van der Waals surface area contributed by atoms with Gasteiger partial charge in [0, 0.05) is 25.5 Å². The molecule has 0 saturated heterocycles. The number of imidazole rings is 1. The van der Waals surface area contributed by atoms with Crippen molar-refractivity contribution in [3.8, 4) is 5.75 Å². The molecule has 0 radical (unpaired) electrons. The van der Waals surface area contributed by atoms with Gasteiger partial charge in [-0.15, -0.1) is 0 Å². The van der Waals surface area contributed by atoms with E-state index in [1.165, 1.54) is 0 Å². The normalized spacial score (nSPS) is 10.6. The van der Waals surface area contributed by atoms with Crippen LogP contribution in [0.15, 0.2) is 41.5 Å². The Labute approximate surface area is 112 Å². The van der Waals surface area contributed by atoms with Crippen LogP contribution in [0.5, 0.6) is 5.75 Å². The second-order valence-corrected chi connectivity index (χ2v) is 4.26.